The van der Waals surface area contributed by atoms with Gasteiger partial charge in [0.05, 0.1) is 0 Å². The average Bonchev–Trinajstić information content (AvgIpc) is 3.05. The van der Waals surface area contributed by atoms with Gasteiger partial charge in [0.1, 0.15) is 0 Å². The highest BCUT2D eigenvalue weighted by Gasteiger charge is 3.03. The summed E-state index contributed by atoms with van der Waals surface area (Å²) in [4.78, 5) is 0. The maximum absolute atomic E-state index is 14.0. The van der Waals surface area contributed by atoms with Crippen molar-refractivity contribution in [3.05, 3.63) is 0 Å². The Morgan fingerprint density at radius 1 is 0.159 bits per heavy atom. The van der Waals surface area contributed by atoms with Crippen molar-refractivity contribution < 1.29 is 180 Å². The summed E-state index contributed by atoms with van der Waals surface area (Å²) in [5, 5.41) is 0. The Labute approximate surface area is 313 Å². The highest BCUT2D eigenvalue weighted by molar-refractivity contribution is 5.23. The van der Waals surface area contributed by atoms with Gasteiger partial charge in [0.15, 0.2) is 0 Å². The van der Waals surface area contributed by atoms with Crippen molar-refractivity contribution in [2.45, 2.75) is 132 Å². The van der Waals surface area contributed by atoms with E-state index in [9.17, 15) is 180 Å². The van der Waals surface area contributed by atoms with Crippen molar-refractivity contribution in [1.29, 1.82) is 0 Å². The zero-order chi connectivity index (χ0) is 52.7. The third kappa shape index (κ3) is 6.59. The van der Waals surface area contributed by atoms with Gasteiger partial charge in [0.2, 0.25) is 0 Å². The van der Waals surface area contributed by atoms with Crippen LogP contribution in [0.4, 0.5) is 180 Å². The van der Waals surface area contributed by atoms with Gasteiger partial charge >= 0.3 is 119 Å². The molecular formula is C22H5F41. The second-order valence-electron chi connectivity index (χ2n) is 11.9. The summed E-state index contributed by atoms with van der Waals surface area (Å²) in [5.74, 6) is -187. The van der Waals surface area contributed by atoms with Crippen LogP contribution in [-0.4, -0.2) is 119 Å². The van der Waals surface area contributed by atoms with Crippen LogP contribution in [0.1, 0.15) is 13.3 Å². The van der Waals surface area contributed by atoms with E-state index in [1.807, 2.05) is 0 Å². The summed E-state index contributed by atoms with van der Waals surface area (Å²) < 4.78 is 556. The van der Waals surface area contributed by atoms with Crippen molar-refractivity contribution in [3.63, 3.8) is 0 Å². The van der Waals surface area contributed by atoms with E-state index in [0.717, 1.165) is 0 Å². The first kappa shape index (κ1) is 60.1. The maximum atomic E-state index is 14.0. The second kappa shape index (κ2) is 14.3. The van der Waals surface area contributed by atoms with Crippen LogP contribution in [0.5, 0.6) is 0 Å². The number of hydrogen-bond donors (Lipinski definition) is 0. The van der Waals surface area contributed by atoms with Crippen molar-refractivity contribution in [3.8, 4) is 0 Å². The van der Waals surface area contributed by atoms with E-state index in [0.29, 0.717) is 0 Å². The van der Waals surface area contributed by atoms with Crippen molar-refractivity contribution in [2.75, 3.05) is 0 Å². The lowest BCUT2D eigenvalue weighted by atomic mass is 9.81. The van der Waals surface area contributed by atoms with E-state index in [4.69, 9.17) is 0 Å². The van der Waals surface area contributed by atoms with Crippen LogP contribution in [0.25, 0.3) is 0 Å². The van der Waals surface area contributed by atoms with E-state index in [2.05, 4.69) is 0 Å². The first-order valence-electron chi connectivity index (χ1n) is 13.6. The van der Waals surface area contributed by atoms with Gasteiger partial charge < -0.3 is 0 Å². The number of rotatable bonds is 19. The quantitative estimate of drug-likeness (QED) is 0.113. The van der Waals surface area contributed by atoms with Crippen LogP contribution in [0, 0.1) is 0 Å². The molecule has 0 aliphatic carbocycles. The van der Waals surface area contributed by atoms with Crippen LogP contribution in [0.2, 0.25) is 0 Å². The third-order valence-electron chi connectivity index (χ3n) is 7.96. The molecule has 0 N–H and O–H groups in total. The molecule has 0 aliphatic rings. The topological polar surface area (TPSA) is 0 Å². The van der Waals surface area contributed by atoms with Gasteiger partial charge in [0, 0.05) is 6.42 Å². The molecule has 0 amide bonds. The summed E-state index contributed by atoms with van der Waals surface area (Å²) in [7, 11) is 0. The molecule has 0 rings (SSSR count). The first-order valence-corrected chi connectivity index (χ1v) is 13.6. The number of hydrogen-bond acceptors (Lipinski definition) is 0. The SMILES string of the molecule is CCC(F)(F)C(F)(F)C(F)(F)C(F)(F)C(F)(F)C(F)(F)C(F)(F)C(F)(F)C(F)(F)C(F)(F)C(F)(F)C(F)(F)C(F)(F)C(F)(F)C(F)(F)C(F)(F)C(F)(F)C(F)(F)C(F)(F)C(F)(F)F. The van der Waals surface area contributed by atoms with Gasteiger partial charge in [-0.05, 0) is 0 Å². The Balaban J connectivity index is 7.99. The Morgan fingerprint density at radius 2 is 0.254 bits per heavy atom. The summed E-state index contributed by atoms with van der Waals surface area (Å²) in [5.41, 5.74) is 0. The molecule has 0 aromatic carbocycles. The summed E-state index contributed by atoms with van der Waals surface area (Å²) in [6.45, 7) is -0.519. The Bertz CT molecular complexity index is 1650. The zero-order valence-corrected chi connectivity index (χ0v) is 27.2. The minimum atomic E-state index is -10.6. The molecule has 0 aliphatic heterocycles. The van der Waals surface area contributed by atoms with E-state index < -0.39 is 132 Å². The number of halogens is 41. The van der Waals surface area contributed by atoms with Crippen molar-refractivity contribution >= 4 is 0 Å². The molecule has 0 unspecified atom stereocenters. The molecule has 380 valence electrons. The van der Waals surface area contributed by atoms with Crippen LogP contribution in [0.3, 0.4) is 0 Å². The van der Waals surface area contributed by atoms with Gasteiger partial charge in [-0.2, -0.15) is 180 Å². The molecule has 0 radical (unpaired) electrons. The van der Waals surface area contributed by atoms with Crippen LogP contribution >= 0.6 is 0 Å². The van der Waals surface area contributed by atoms with Crippen LogP contribution in [0.15, 0.2) is 0 Å². The van der Waals surface area contributed by atoms with Crippen molar-refractivity contribution in [1.82, 2.24) is 0 Å². The normalized spacial score (nSPS) is 17.4. The molecule has 0 aromatic rings. The number of alkyl halides is 41. The molecule has 0 saturated carbocycles. The molecular weight excluding hydrogens is 1040 g/mol. The minimum absolute atomic E-state index is 0.519. The van der Waals surface area contributed by atoms with Crippen molar-refractivity contribution in [2.24, 2.45) is 0 Å². The lowest BCUT2D eigenvalue weighted by Gasteiger charge is -2.47. The predicted octanol–water partition coefficient (Wildman–Crippen LogP) is 14.0. The monoisotopic (exact) mass is 1050 g/mol. The fourth-order valence-electron chi connectivity index (χ4n) is 3.78. The van der Waals surface area contributed by atoms with Crippen LogP contribution < -0.4 is 0 Å². The highest BCUT2D eigenvalue weighted by atomic mass is 19.4. The molecule has 0 fully saturated rings. The summed E-state index contributed by atoms with van der Waals surface area (Å²) in [6.07, 6.45) is -11.6. The molecule has 0 spiro atoms. The molecule has 0 saturated heterocycles. The predicted molar refractivity (Wildman–Crippen MR) is 110 cm³/mol. The van der Waals surface area contributed by atoms with Gasteiger partial charge in [-0.1, -0.05) is 6.92 Å². The maximum Gasteiger partial charge on any atom is 0.460 e. The van der Waals surface area contributed by atoms with E-state index in [1.165, 1.54) is 0 Å². The zero-order valence-electron chi connectivity index (χ0n) is 27.2. The van der Waals surface area contributed by atoms with E-state index in [-0.39, 0.29) is 0 Å². The van der Waals surface area contributed by atoms with Crippen LogP contribution in [-0.2, 0) is 0 Å². The lowest BCUT2D eigenvalue weighted by Crippen LogP contribution is -2.80. The molecule has 0 heterocycles. The Hall–Kier alpha value is -2.87. The molecule has 0 atom stereocenters. The lowest BCUT2D eigenvalue weighted by molar-refractivity contribution is -0.495. The highest BCUT2D eigenvalue weighted by Crippen LogP contribution is 2.71. The Morgan fingerprint density at radius 3 is 0.349 bits per heavy atom. The largest absolute Gasteiger partial charge is 0.460 e. The summed E-state index contributed by atoms with van der Waals surface area (Å²) >= 11 is 0. The molecule has 0 nitrogen and oxygen atoms in total. The summed E-state index contributed by atoms with van der Waals surface area (Å²) in [6, 6.07) is 0. The standard InChI is InChI=1S/C22H5F41/c1-2-3(23,24)4(25,26)5(27,28)6(29,30)7(31,32)8(33,34)9(35,36)10(37,38)11(39,40)12(41,42)13(43,44)14(45,46)15(47,48)16(49,50)17(51,52)18(53,54)19(55,56)20(57,58)21(59,60)22(61,62)63/h2H2,1H3. The first-order chi connectivity index (χ1) is 26.3. The molecule has 0 bridgehead atoms. The fraction of sp³-hybridized carbons (Fsp3) is 1.00. The van der Waals surface area contributed by atoms with Gasteiger partial charge in [-0.3, -0.25) is 0 Å². The van der Waals surface area contributed by atoms with Gasteiger partial charge in [-0.15, -0.1) is 0 Å². The van der Waals surface area contributed by atoms with Gasteiger partial charge in [0.25, 0.3) is 0 Å². The third-order valence-corrected chi connectivity index (χ3v) is 7.96. The van der Waals surface area contributed by atoms with E-state index >= 15 is 0 Å². The smallest absolute Gasteiger partial charge is 0.200 e. The van der Waals surface area contributed by atoms with E-state index in [1.54, 1.807) is 0 Å². The Kier molecular flexibility index (Phi) is 13.7. The molecule has 63 heavy (non-hydrogen) atoms. The molecule has 41 heteroatoms. The minimum Gasteiger partial charge on any atom is -0.200 e. The fourth-order valence-corrected chi connectivity index (χ4v) is 3.78. The molecule has 0 aromatic heterocycles. The van der Waals surface area contributed by atoms with Gasteiger partial charge in [-0.25, -0.2) is 0 Å². The second-order valence-corrected chi connectivity index (χ2v) is 11.9. The average molecular weight is 1050 g/mol.